The van der Waals surface area contributed by atoms with Crippen molar-refractivity contribution in [3.63, 3.8) is 0 Å². The van der Waals surface area contributed by atoms with Crippen molar-refractivity contribution >= 4 is 78.0 Å². The van der Waals surface area contributed by atoms with Gasteiger partial charge in [-0.15, -0.1) is 0 Å². The zero-order chi connectivity index (χ0) is 33.7. The quantitative estimate of drug-likeness (QED) is 0.160. The fourth-order valence-electron chi connectivity index (χ4n) is 7.22. The van der Waals surface area contributed by atoms with Gasteiger partial charge in [0.25, 0.3) is 0 Å². The average molecular weight is 735 g/mol. The molecule has 0 bridgehead atoms. The number of anilines is 3. The Morgan fingerprint density at radius 1 is 0.385 bits per heavy atom. The van der Waals surface area contributed by atoms with Crippen molar-refractivity contribution in [2.45, 2.75) is 0 Å². The van der Waals surface area contributed by atoms with Crippen LogP contribution in [0.25, 0.3) is 77.4 Å². The first-order valence-electron chi connectivity index (χ1n) is 17.1. The first kappa shape index (κ1) is 31.6. The molecule has 5 heteroatoms. The van der Waals surface area contributed by atoms with Crippen LogP contribution in [0.1, 0.15) is 0 Å². The minimum atomic E-state index is 0. The molecule has 0 N–H and O–H groups in total. The summed E-state index contributed by atoms with van der Waals surface area (Å²) >= 11 is 0. The number of benzene rings is 7. The third kappa shape index (κ3) is 5.44. The summed E-state index contributed by atoms with van der Waals surface area (Å²) in [6.45, 7) is 0. The molecular weight excluding hydrogens is 703 g/mol. The molecule has 10 rings (SSSR count). The second kappa shape index (κ2) is 13.1. The number of aromatic nitrogens is 1. The van der Waals surface area contributed by atoms with Gasteiger partial charge < -0.3 is 13.7 Å². The van der Waals surface area contributed by atoms with E-state index in [4.69, 9.17) is 13.8 Å². The average Bonchev–Trinajstić information content (AvgIpc) is 3.77. The van der Waals surface area contributed by atoms with Crippen LogP contribution in [0, 0.1) is 0 Å². The van der Waals surface area contributed by atoms with Crippen LogP contribution in [0.15, 0.2) is 191 Å². The van der Waals surface area contributed by atoms with E-state index in [1.165, 1.54) is 11.1 Å². The van der Waals surface area contributed by atoms with Gasteiger partial charge >= 0.3 is 17.1 Å². The van der Waals surface area contributed by atoms with E-state index >= 15 is 0 Å². The number of nitrogens with zero attached hydrogens (tertiary/aromatic N) is 2. The van der Waals surface area contributed by atoms with Crippen molar-refractivity contribution in [3.05, 3.63) is 182 Å². The number of rotatable bonds is 6. The van der Waals surface area contributed by atoms with Crippen molar-refractivity contribution in [1.82, 2.24) is 4.98 Å². The van der Waals surface area contributed by atoms with Crippen LogP contribution in [0.4, 0.5) is 17.1 Å². The monoisotopic (exact) mass is 735 g/mol. The van der Waals surface area contributed by atoms with Crippen LogP contribution in [0.5, 0.6) is 0 Å². The number of para-hydroxylation sites is 3. The summed E-state index contributed by atoms with van der Waals surface area (Å²) in [6, 6.07) is 61.2. The largest absolute Gasteiger partial charge is 0.456 e. The molecule has 0 saturated carbocycles. The van der Waals surface area contributed by atoms with Crippen molar-refractivity contribution in [1.29, 1.82) is 0 Å². The number of hydrogen-bond donors (Lipinski definition) is 0. The second-order valence-electron chi connectivity index (χ2n) is 12.8. The molecule has 7 aromatic carbocycles. The maximum atomic E-state index is 6.37. The van der Waals surface area contributed by atoms with E-state index < -0.39 is 0 Å². The van der Waals surface area contributed by atoms with E-state index in [9.17, 15) is 0 Å². The summed E-state index contributed by atoms with van der Waals surface area (Å²) in [4.78, 5) is 7.25. The molecule has 10 aromatic rings. The van der Waals surface area contributed by atoms with Gasteiger partial charge in [0.2, 0.25) is 0 Å². The summed E-state index contributed by atoms with van der Waals surface area (Å²) in [6.07, 6.45) is 1.96. The zero-order valence-corrected chi connectivity index (χ0v) is 29.9. The fourth-order valence-corrected chi connectivity index (χ4v) is 7.22. The van der Waals surface area contributed by atoms with E-state index in [0.717, 1.165) is 83.3 Å². The maximum Gasteiger partial charge on any atom is 0.143 e. The Hall–Kier alpha value is -6.39. The number of furan rings is 2. The van der Waals surface area contributed by atoms with Gasteiger partial charge in [-0.1, -0.05) is 109 Å². The zero-order valence-electron chi connectivity index (χ0n) is 28.0. The molecule has 0 amide bonds. The van der Waals surface area contributed by atoms with Crippen molar-refractivity contribution < 1.29 is 8.83 Å². The first-order chi connectivity index (χ1) is 25.3. The molecular formula is C47H31N2O2Se. The topological polar surface area (TPSA) is 42.4 Å². The Kier molecular flexibility index (Phi) is 7.93. The molecule has 4 nitrogen and oxygen atoms in total. The number of hydrogen-bond acceptors (Lipinski definition) is 4. The van der Waals surface area contributed by atoms with E-state index in [1.54, 1.807) is 0 Å². The Balaban J connectivity index is 0.00000360. The minimum Gasteiger partial charge on any atom is -0.456 e. The van der Waals surface area contributed by atoms with Gasteiger partial charge in [0, 0.05) is 44.0 Å². The van der Waals surface area contributed by atoms with E-state index in [2.05, 4.69) is 138 Å². The normalized spacial score (nSPS) is 11.3. The molecule has 247 valence electrons. The van der Waals surface area contributed by atoms with Crippen LogP contribution < -0.4 is 4.90 Å². The summed E-state index contributed by atoms with van der Waals surface area (Å²) < 4.78 is 12.4. The molecule has 52 heavy (non-hydrogen) atoms. The van der Waals surface area contributed by atoms with Crippen LogP contribution in [-0.2, 0) is 0 Å². The van der Waals surface area contributed by atoms with Gasteiger partial charge in [-0.3, -0.25) is 4.98 Å². The Bertz CT molecular complexity index is 2840. The molecule has 0 aliphatic rings. The van der Waals surface area contributed by atoms with Crippen LogP contribution >= 0.6 is 0 Å². The van der Waals surface area contributed by atoms with E-state index in [-0.39, 0.29) is 17.1 Å². The second-order valence-corrected chi connectivity index (χ2v) is 12.8. The molecule has 0 saturated heterocycles. The number of fused-ring (bicyclic) bond motifs is 6. The summed E-state index contributed by atoms with van der Waals surface area (Å²) in [7, 11) is 0. The Morgan fingerprint density at radius 2 is 0.942 bits per heavy atom. The summed E-state index contributed by atoms with van der Waals surface area (Å²) in [5.74, 6) is 0. The summed E-state index contributed by atoms with van der Waals surface area (Å²) in [5.41, 5.74) is 13.1. The molecule has 0 unspecified atom stereocenters. The third-order valence-electron chi connectivity index (χ3n) is 9.75. The maximum absolute atomic E-state index is 6.37. The third-order valence-corrected chi connectivity index (χ3v) is 9.75. The number of pyridine rings is 1. The van der Waals surface area contributed by atoms with E-state index in [1.807, 2.05) is 48.7 Å². The van der Waals surface area contributed by atoms with E-state index in [0.29, 0.717) is 0 Å². The van der Waals surface area contributed by atoms with Crippen molar-refractivity contribution in [2.24, 2.45) is 0 Å². The predicted molar refractivity (Wildman–Crippen MR) is 217 cm³/mol. The predicted octanol–water partition coefficient (Wildman–Crippen LogP) is 12.7. The van der Waals surface area contributed by atoms with Gasteiger partial charge in [-0.2, -0.15) is 0 Å². The molecule has 0 atom stereocenters. The van der Waals surface area contributed by atoms with Gasteiger partial charge in [0.05, 0.1) is 17.6 Å². The smallest absolute Gasteiger partial charge is 0.143 e. The molecule has 0 fully saturated rings. The molecule has 1 radical (unpaired) electrons. The molecule has 0 aliphatic carbocycles. The van der Waals surface area contributed by atoms with Gasteiger partial charge in [0.15, 0.2) is 0 Å². The first-order valence-corrected chi connectivity index (χ1v) is 17.1. The molecule has 0 aliphatic heterocycles. The van der Waals surface area contributed by atoms with Crippen molar-refractivity contribution in [2.75, 3.05) is 4.90 Å². The van der Waals surface area contributed by atoms with Crippen LogP contribution in [0.2, 0.25) is 0 Å². The molecule has 0 spiro atoms. The molecule has 3 aromatic heterocycles. The van der Waals surface area contributed by atoms with Crippen LogP contribution in [0.3, 0.4) is 0 Å². The SMILES string of the molecule is [SeH].c1ccc(-c2ccc(N(c3ccc(-c4cccc5c4oc4ccccc45)cc3)c3ccc(-c4ccc5oc6ccccc6c5c4)nc3)cc2)cc1. The molecule has 3 heterocycles. The van der Waals surface area contributed by atoms with Gasteiger partial charge in [-0.25, -0.2) is 0 Å². The van der Waals surface area contributed by atoms with Gasteiger partial charge in [-0.05, 0) is 83.4 Å². The van der Waals surface area contributed by atoms with Crippen molar-refractivity contribution in [3.8, 4) is 33.5 Å². The summed E-state index contributed by atoms with van der Waals surface area (Å²) in [5, 5.41) is 4.45. The fraction of sp³-hybridized carbons (Fsp3) is 0. The minimum absolute atomic E-state index is 0. The van der Waals surface area contributed by atoms with Crippen LogP contribution in [-0.4, -0.2) is 22.1 Å². The standard InChI is InChI=1S/C47H30N2O2.HSe/c1-2-9-31(10-3-1)32-17-22-35(23-18-32)49(36-24-19-33(20-25-36)38-13-8-14-41-39-11-4-7-16-45(39)51-47(38)41)37-26-27-43(48-30-37)34-21-28-46-42(29-34)40-12-5-6-15-44(40)50-46;/h1-30H;1H. The Labute approximate surface area is 311 Å². The Morgan fingerprint density at radius 3 is 1.65 bits per heavy atom. The van der Waals surface area contributed by atoms with Gasteiger partial charge in [0.1, 0.15) is 22.3 Å².